The Labute approximate surface area is 193 Å². The predicted octanol–water partition coefficient (Wildman–Crippen LogP) is 3.11. The molecule has 3 heterocycles. The number of nitrogens with zero attached hydrogens (tertiary/aromatic N) is 5. The van der Waals surface area contributed by atoms with Crippen molar-refractivity contribution in [3.8, 4) is 11.5 Å². The van der Waals surface area contributed by atoms with E-state index in [1.54, 1.807) is 17.6 Å². The Kier molecular flexibility index (Phi) is 5.26. The fourth-order valence-electron chi connectivity index (χ4n) is 4.17. The van der Waals surface area contributed by atoms with Crippen LogP contribution in [0.2, 0.25) is 5.02 Å². The van der Waals surface area contributed by atoms with Crippen LogP contribution in [0.1, 0.15) is 37.0 Å². The lowest BCUT2D eigenvalue weighted by Crippen LogP contribution is -2.27. The molecule has 0 aliphatic heterocycles. The number of nitrogens with two attached hydrogens (primary N) is 1. The fraction of sp³-hybridized carbons (Fsp3) is 0.318. The molecule has 170 valence electrons. The van der Waals surface area contributed by atoms with E-state index >= 15 is 0 Å². The summed E-state index contributed by atoms with van der Waals surface area (Å²) in [5.74, 6) is 1.20. The molecular formula is C22H22ClN7O3. The Balaban J connectivity index is 1.62. The molecule has 4 N–H and O–H groups in total. The van der Waals surface area contributed by atoms with Crippen molar-refractivity contribution in [2.24, 2.45) is 5.92 Å². The molecule has 33 heavy (non-hydrogen) atoms. The van der Waals surface area contributed by atoms with E-state index in [4.69, 9.17) is 21.8 Å². The van der Waals surface area contributed by atoms with E-state index in [0.717, 1.165) is 17.5 Å². The normalized spacial score (nSPS) is 18.4. The van der Waals surface area contributed by atoms with E-state index in [0.29, 0.717) is 27.7 Å². The number of nitrogen functional groups attached to an aromatic ring is 1. The molecule has 0 amide bonds. The summed E-state index contributed by atoms with van der Waals surface area (Å²) in [4.78, 5) is 21.9. The first-order valence-corrected chi connectivity index (χ1v) is 10.9. The van der Waals surface area contributed by atoms with Crippen molar-refractivity contribution in [3.63, 3.8) is 0 Å². The summed E-state index contributed by atoms with van der Waals surface area (Å²) in [6, 6.07) is 6.85. The highest BCUT2D eigenvalue weighted by Crippen LogP contribution is 2.44. The number of hydrogen-bond acceptors (Lipinski definition) is 9. The minimum atomic E-state index is -0.363. The van der Waals surface area contributed by atoms with E-state index < -0.39 is 0 Å². The molecule has 0 radical (unpaired) electrons. The molecule has 0 bridgehead atoms. The van der Waals surface area contributed by atoms with Gasteiger partial charge < -0.3 is 25.1 Å². The van der Waals surface area contributed by atoms with Crippen LogP contribution in [0.15, 0.2) is 39.8 Å². The van der Waals surface area contributed by atoms with Gasteiger partial charge in [-0.15, -0.1) is 10.2 Å². The lowest BCUT2D eigenvalue weighted by Gasteiger charge is -2.22. The van der Waals surface area contributed by atoms with Crippen LogP contribution in [0.4, 0.5) is 11.6 Å². The van der Waals surface area contributed by atoms with Crippen LogP contribution in [0.25, 0.3) is 22.2 Å². The monoisotopic (exact) mass is 467 g/mol. The molecule has 11 heteroatoms. The Morgan fingerprint density at radius 1 is 1.36 bits per heavy atom. The summed E-state index contributed by atoms with van der Waals surface area (Å²) in [6.07, 6.45) is 2.06. The van der Waals surface area contributed by atoms with Crippen LogP contribution >= 0.6 is 11.6 Å². The van der Waals surface area contributed by atoms with E-state index in [2.05, 4.69) is 25.5 Å². The zero-order valence-corrected chi connectivity index (χ0v) is 18.7. The molecular weight excluding hydrogens is 446 g/mol. The summed E-state index contributed by atoms with van der Waals surface area (Å²) in [7, 11) is 0. The number of fused-ring (bicyclic) bond motifs is 1. The maximum atomic E-state index is 13.5. The van der Waals surface area contributed by atoms with Gasteiger partial charge >= 0.3 is 0 Å². The second kappa shape index (κ2) is 8.13. The van der Waals surface area contributed by atoms with Crippen LogP contribution in [0.3, 0.4) is 0 Å². The molecule has 2 unspecified atom stereocenters. The summed E-state index contributed by atoms with van der Waals surface area (Å²) < 4.78 is 7.28. The third-order valence-corrected chi connectivity index (χ3v) is 6.24. The number of hydrogen-bond donors (Lipinski definition) is 3. The molecule has 5 rings (SSSR count). The average molecular weight is 468 g/mol. The largest absolute Gasteiger partial charge is 0.421 e. The molecule has 4 aromatic rings. The lowest BCUT2D eigenvalue weighted by atomic mass is 10.1. The number of aliphatic hydroxyl groups is 1. The maximum Gasteiger partial charge on any atom is 0.260 e. The molecule has 1 aromatic carbocycles. The number of rotatable bonds is 6. The van der Waals surface area contributed by atoms with E-state index in [-0.39, 0.29) is 41.9 Å². The quantitative estimate of drug-likeness (QED) is 0.389. The molecule has 3 aromatic heterocycles. The zero-order valence-electron chi connectivity index (χ0n) is 18.0. The van der Waals surface area contributed by atoms with Crippen molar-refractivity contribution in [2.45, 2.75) is 32.4 Å². The van der Waals surface area contributed by atoms with Gasteiger partial charge in [0.2, 0.25) is 5.89 Å². The molecule has 1 fully saturated rings. The van der Waals surface area contributed by atoms with Crippen molar-refractivity contribution >= 4 is 34.0 Å². The second-order valence-electron chi connectivity index (χ2n) is 8.17. The standard InChI is InChI=1S/C22H22ClN7O3/c1-10(27-20-18(19(24)25-9-26-20)21-29-28-11(2)33-21)15-6-12-4-3-5-14(23)17(12)22(32)30(15)16-7-13(16)8-31/h3-6,9-10,13,16,31H,7-8H2,1-2H3,(H3,24,25,26,27)/t10-,13?,16?/m0/s1. The van der Waals surface area contributed by atoms with Crippen molar-refractivity contribution < 1.29 is 9.52 Å². The first-order chi connectivity index (χ1) is 15.9. The zero-order chi connectivity index (χ0) is 23.3. The number of aliphatic hydroxyl groups excluding tert-OH is 1. The smallest absolute Gasteiger partial charge is 0.260 e. The van der Waals surface area contributed by atoms with Crippen LogP contribution in [-0.4, -0.2) is 36.4 Å². The topological polar surface area (TPSA) is 145 Å². The van der Waals surface area contributed by atoms with Crippen LogP contribution < -0.4 is 16.6 Å². The van der Waals surface area contributed by atoms with E-state index in [9.17, 15) is 9.90 Å². The SMILES string of the molecule is Cc1nnc(-c2c(N)ncnc2N[C@@H](C)c2cc3cccc(Cl)c3c(=O)n2C2CC2CO)o1. The Morgan fingerprint density at radius 3 is 2.88 bits per heavy atom. The number of aryl methyl sites for hydroxylation is 1. The summed E-state index contributed by atoms with van der Waals surface area (Å²) >= 11 is 6.37. The highest BCUT2D eigenvalue weighted by molar-refractivity contribution is 6.35. The van der Waals surface area contributed by atoms with Crippen molar-refractivity contribution in [3.05, 3.63) is 57.6 Å². The maximum absolute atomic E-state index is 13.5. The van der Waals surface area contributed by atoms with Gasteiger partial charge in [-0.1, -0.05) is 23.7 Å². The number of pyridine rings is 1. The number of aromatic nitrogens is 5. The number of halogens is 1. The summed E-state index contributed by atoms with van der Waals surface area (Å²) in [6.45, 7) is 3.61. The van der Waals surface area contributed by atoms with Crippen molar-refractivity contribution in [2.75, 3.05) is 17.7 Å². The number of benzene rings is 1. The lowest BCUT2D eigenvalue weighted by molar-refractivity contribution is 0.268. The molecule has 3 atom stereocenters. The van der Waals surface area contributed by atoms with Crippen molar-refractivity contribution in [1.82, 2.24) is 24.7 Å². The highest BCUT2D eigenvalue weighted by Gasteiger charge is 2.40. The van der Waals surface area contributed by atoms with Gasteiger partial charge in [-0.05, 0) is 30.9 Å². The van der Waals surface area contributed by atoms with Crippen LogP contribution in [0.5, 0.6) is 0 Å². The highest BCUT2D eigenvalue weighted by atomic mass is 35.5. The van der Waals surface area contributed by atoms with E-state index in [1.165, 1.54) is 6.33 Å². The van der Waals surface area contributed by atoms with Crippen LogP contribution in [-0.2, 0) is 0 Å². The predicted molar refractivity (Wildman–Crippen MR) is 124 cm³/mol. The fourth-order valence-corrected chi connectivity index (χ4v) is 4.43. The molecule has 0 spiro atoms. The van der Waals surface area contributed by atoms with Crippen molar-refractivity contribution in [1.29, 1.82) is 0 Å². The minimum Gasteiger partial charge on any atom is -0.421 e. The Morgan fingerprint density at radius 2 is 2.18 bits per heavy atom. The van der Waals surface area contributed by atoms with Gasteiger partial charge in [0.15, 0.2) is 0 Å². The summed E-state index contributed by atoms with van der Waals surface area (Å²) in [5.41, 5.74) is 7.04. The number of nitrogens with one attached hydrogen (secondary N) is 1. The van der Waals surface area contributed by atoms with E-state index in [1.807, 2.05) is 25.1 Å². The third kappa shape index (κ3) is 3.70. The van der Waals surface area contributed by atoms with Gasteiger partial charge in [0.05, 0.1) is 16.5 Å². The average Bonchev–Trinajstić information content (AvgIpc) is 3.44. The Hall–Kier alpha value is -3.50. The third-order valence-electron chi connectivity index (χ3n) is 5.92. The Bertz CT molecular complexity index is 1420. The first kappa shape index (κ1) is 21.4. The first-order valence-electron chi connectivity index (χ1n) is 10.5. The summed E-state index contributed by atoms with van der Waals surface area (Å²) in [5, 5.41) is 22.5. The minimum absolute atomic E-state index is 0.0159. The van der Waals surface area contributed by atoms with Gasteiger partial charge in [0.25, 0.3) is 11.4 Å². The second-order valence-corrected chi connectivity index (χ2v) is 8.58. The van der Waals surface area contributed by atoms with Gasteiger partial charge in [0.1, 0.15) is 23.5 Å². The van der Waals surface area contributed by atoms with Gasteiger partial charge in [-0.2, -0.15) is 0 Å². The number of anilines is 2. The molecule has 0 saturated heterocycles. The molecule has 1 aliphatic carbocycles. The molecule has 1 aliphatic rings. The molecule has 10 nitrogen and oxygen atoms in total. The van der Waals surface area contributed by atoms with Gasteiger partial charge in [0, 0.05) is 31.2 Å². The van der Waals surface area contributed by atoms with Gasteiger partial charge in [-0.25, -0.2) is 9.97 Å². The van der Waals surface area contributed by atoms with Gasteiger partial charge in [-0.3, -0.25) is 4.79 Å². The van der Waals surface area contributed by atoms with Crippen LogP contribution in [0, 0.1) is 12.8 Å². The molecule has 1 saturated carbocycles.